The minimum atomic E-state index is -4.77. The van der Waals surface area contributed by atoms with E-state index in [0.717, 1.165) is 17.1 Å². The summed E-state index contributed by atoms with van der Waals surface area (Å²) in [7, 11) is 0. The number of rotatable bonds is 5. The van der Waals surface area contributed by atoms with E-state index in [-0.39, 0.29) is 23.3 Å². The number of nitrogens with zero attached hydrogens (tertiary/aromatic N) is 3. The number of halogens is 3. The van der Waals surface area contributed by atoms with Gasteiger partial charge in [0.25, 0.3) is 5.91 Å². The number of carbonyl (C=O) groups is 1. The first-order chi connectivity index (χ1) is 17.2. The van der Waals surface area contributed by atoms with Crippen LogP contribution in [0.3, 0.4) is 0 Å². The Balaban J connectivity index is 1.57. The maximum absolute atomic E-state index is 13.7. The molecule has 0 aromatic heterocycles. The van der Waals surface area contributed by atoms with Gasteiger partial charge in [-0.2, -0.15) is 18.4 Å². The topological polar surface area (TPSA) is 75.0 Å². The third-order valence-corrected chi connectivity index (χ3v) is 6.56. The van der Waals surface area contributed by atoms with Crippen molar-refractivity contribution in [2.45, 2.75) is 57.7 Å². The molecular formula is C26H26F3N3O4S. The highest BCUT2D eigenvalue weighted by Crippen LogP contribution is 2.39. The summed E-state index contributed by atoms with van der Waals surface area (Å²) >= 11 is 5.61. The minimum Gasteiger partial charge on any atom is -0.491 e. The van der Waals surface area contributed by atoms with Crippen LogP contribution in [-0.4, -0.2) is 52.7 Å². The van der Waals surface area contributed by atoms with Crippen molar-refractivity contribution in [1.29, 1.82) is 5.26 Å². The predicted molar refractivity (Wildman–Crippen MR) is 133 cm³/mol. The van der Waals surface area contributed by atoms with Crippen LogP contribution in [0.25, 0.3) is 0 Å². The monoisotopic (exact) mass is 533 g/mol. The average Bonchev–Trinajstić information content (AvgIpc) is 3.12. The summed E-state index contributed by atoms with van der Waals surface area (Å²) in [5.74, 6) is -0.549. The lowest BCUT2D eigenvalue weighted by Gasteiger charge is -2.29. The Labute approximate surface area is 218 Å². The van der Waals surface area contributed by atoms with Crippen LogP contribution in [0, 0.1) is 11.3 Å². The quantitative estimate of drug-likeness (QED) is 0.485. The Morgan fingerprint density at radius 3 is 2.46 bits per heavy atom. The average molecular weight is 534 g/mol. The van der Waals surface area contributed by atoms with Crippen LogP contribution in [0.4, 0.5) is 18.9 Å². The molecule has 11 heteroatoms. The van der Waals surface area contributed by atoms with Crippen molar-refractivity contribution in [2.24, 2.45) is 0 Å². The number of carbonyl (C=O) groups excluding carboxylic acids is 1. The molecule has 4 rings (SSSR count). The van der Waals surface area contributed by atoms with Gasteiger partial charge in [-0.25, -0.2) is 0 Å². The van der Waals surface area contributed by atoms with Gasteiger partial charge in [0, 0.05) is 17.8 Å². The number of hydrogen-bond acceptors (Lipinski definition) is 6. The van der Waals surface area contributed by atoms with E-state index in [9.17, 15) is 23.2 Å². The van der Waals surface area contributed by atoms with E-state index in [1.54, 1.807) is 49.1 Å². The highest BCUT2D eigenvalue weighted by Gasteiger charge is 2.51. The molecule has 2 saturated heterocycles. The fraction of sp³-hybridized carbons (Fsp3) is 0.423. The molecule has 0 unspecified atom stereocenters. The van der Waals surface area contributed by atoms with Crippen molar-refractivity contribution in [3.05, 3.63) is 59.3 Å². The van der Waals surface area contributed by atoms with Crippen molar-refractivity contribution in [3.8, 4) is 11.8 Å². The van der Waals surface area contributed by atoms with Gasteiger partial charge in [-0.3, -0.25) is 9.69 Å². The predicted octanol–water partition coefficient (Wildman–Crippen LogP) is 5.16. The largest absolute Gasteiger partial charge is 0.491 e. The molecule has 196 valence electrons. The van der Waals surface area contributed by atoms with E-state index >= 15 is 0 Å². The van der Waals surface area contributed by atoms with E-state index in [1.807, 2.05) is 13.8 Å². The fourth-order valence-corrected chi connectivity index (χ4v) is 4.92. The summed E-state index contributed by atoms with van der Waals surface area (Å²) in [6, 6.07) is 8.48. The second-order valence-corrected chi connectivity index (χ2v) is 10.1. The van der Waals surface area contributed by atoms with Crippen molar-refractivity contribution in [3.63, 3.8) is 0 Å². The lowest BCUT2D eigenvalue weighted by atomic mass is 10.0. The molecule has 2 fully saturated rings. The van der Waals surface area contributed by atoms with Crippen molar-refractivity contribution in [1.82, 2.24) is 4.90 Å². The van der Waals surface area contributed by atoms with Gasteiger partial charge < -0.3 is 19.1 Å². The summed E-state index contributed by atoms with van der Waals surface area (Å²) in [5.41, 5.74) is -2.19. The summed E-state index contributed by atoms with van der Waals surface area (Å²) in [6.45, 7) is 7.68. The zero-order valence-electron chi connectivity index (χ0n) is 20.8. The maximum atomic E-state index is 13.7. The molecule has 0 N–H and O–H groups in total. The normalized spacial score (nSPS) is 23.3. The second-order valence-electron chi connectivity index (χ2n) is 9.75. The first-order valence-electron chi connectivity index (χ1n) is 11.6. The zero-order chi connectivity index (χ0) is 27.2. The van der Waals surface area contributed by atoms with Gasteiger partial charge in [-0.1, -0.05) is 6.08 Å². The summed E-state index contributed by atoms with van der Waals surface area (Å²) < 4.78 is 58.1. The van der Waals surface area contributed by atoms with E-state index < -0.39 is 34.6 Å². The van der Waals surface area contributed by atoms with Gasteiger partial charge in [0.2, 0.25) is 0 Å². The molecular weight excluding hydrogens is 507 g/mol. The van der Waals surface area contributed by atoms with E-state index in [1.165, 1.54) is 6.08 Å². The number of nitriles is 1. The Bertz CT molecular complexity index is 1240. The number of alkyl halides is 3. The molecule has 37 heavy (non-hydrogen) atoms. The standard InChI is InChI=1S/C26H26F3N3O4S/c1-24(2)22(33)31(18-7-5-6-16(13-30)21(12-18)26(27,28)29)23(37)32(24)17-8-10-19(11-9-17)34-14-20-15-35-25(3,4)36-20/h5-6,8-12,20H,7,14-15H2,1-4H3/t20-/m1/s1. The second kappa shape index (κ2) is 9.59. The molecule has 0 bridgehead atoms. The zero-order valence-corrected chi connectivity index (χ0v) is 21.6. The van der Waals surface area contributed by atoms with Gasteiger partial charge in [0.1, 0.15) is 24.0 Å². The van der Waals surface area contributed by atoms with Crippen molar-refractivity contribution in [2.75, 3.05) is 18.1 Å². The molecule has 0 spiro atoms. The van der Waals surface area contributed by atoms with Crippen molar-refractivity contribution >= 4 is 28.9 Å². The number of anilines is 1. The Morgan fingerprint density at radius 2 is 1.89 bits per heavy atom. The summed E-state index contributed by atoms with van der Waals surface area (Å²) in [5, 5.41) is 9.24. The molecule has 0 saturated carbocycles. The molecule has 1 aromatic rings. The molecule has 1 aliphatic carbocycles. The van der Waals surface area contributed by atoms with Crippen LogP contribution in [-0.2, 0) is 14.3 Å². The molecule has 1 amide bonds. The van der Waals surface area contributed by atoms with Gasteiger partial charge in [-0.15, -0.1) is 0 Å². The number of allylic oxidation sites excluding steroid dienone is 5. The fourth-order valence-electron chi connectivity index (χ4n) is 4.39. The summed E-state index contributed by atoms with van der Waals surface area (Å²) in [6.07, 6.45) is -1.62. The van der Waals surface area contributed by atoms with Crippen molar-refractivity contribution < 1.29 is 32.2 Å². The third-order valence-electron chi connectivity index (χ3n) is 6.19. The lowest BCUT2D eigenvalue weighted by Crippen LogP contribution is -2.44. The molecule has 0 radical (unpaired) electrons. The third kappa shape index (κ3) is 5.28. The lowest BCUT2D eigenvalue weighted by molar-refractivity contribution is -0.141. The number of thiocarbonyl (C=S) groups is 1. The summed E-state index contributed by atoms with van der Waals surface area (Å²) in [4.78, 5) is 16.1. The van der Waals surface area contributed by atoms with Gasteiger partial charge in [0.05, 0.1) is 23.8 Å². The van der Waals surface area contributed by atoms with Gasteiger partial charge in [-0.05, 0) is 76.3 Å². The van der Waals surface area contributed by atoms with Crippen LogP contribution >= 0.6 is 12.2 Å². The SMILES string of the molecule is CC1(C)OC[C@@H](COc2ccc(N3C(=S)N(C4=CC(C(F)(F)F)=C(C#N)C=CC4)C(=O)C3(C)C)cc2)O1. The number of ether oxygens (including phenoxy) is 3. The number of amides is 1. The molecule has 1 aromatic carbocycles. The molecule has 2 aliphatic heterocycles. The minimum absolute atomic E-state index is 0.00288. The first-order valence-corrected chi connectivity index (χ1v) is 12.0. The highest BCUT2D eigenvalue weighted by atomic mass is 32.1. The van der Waals surface area contributed by atoms with Crippen LogP contribution in [0.5, 0.6) is 5.75 Å². The van der Waals surface area contributed by atoms with E-state index in [0.29, 0.717) is 24.7 Å². The Morgan fingerprint density at radius 1 is 1.22 bits per heavy atom. The highest BCUT2D eigenvalue weighted by molar-refractivity contribution is 7.80. The molecule has 7 nitrogen and oxygen atoms in total. The van der Waals surface area contributed by atoms with E-state index in [4.69, 9.17) is 26.4 Å². The molecule has 1 atom stereocenters. The van der Waals surface area contributed by atoms with Gasteiger partial charge in [0.15, 0.2) is 10.9 Å². The van der Waals surface area contributed by atoms with Crippen LogP contribution in [0.2, 0.25) is 0 Å². The molecule has 2 heterocycles. The maximum Gasteiger partial charge on any atom is 0.417 e. The Hall–Kier alpha value is -3.20. The Kier molecular flexibility index (Phi) is 6.96. The number of hydrogen-bond donors (Lipinski definition) is 0. The van der Waals surface area contributed by atoms with Crippen LogP contribution < -0.4 is 9.64 Å². The molecule has 3 aliphatic rings. The number of benzene rings is 1. The van der Waals surface area contributed by atoms with Crippen LogP contribution in [0.1, 0.15) is 34.1 Å². The smallest absolute Gasteiger partial charge is 0.417 e. The van der Waals surface area contributed by atoms with Gasteiger partial charge >= 0.3 is 6.18 Å². The van der Waals surface area contributed by atoms with Crippen LogP contribution in [0.15, 0.2) is 59.3 Å². The first kappa shape index (κ1) is 26.9. The van der Waals surface area contributed by atoms with E-state index in [2.05, 4.69) is 0 Å².